The van der Waals surface area contributed by atoms with Gasteiger partial charge in [-0.1, -0.05) is 12.1 Å². The van der Waals surface area contributed by atoms with Crippen molar-refractivity contribution < 1.29 is 19.4 Å². The lowest BCUT2D eigenvalue weighted by atomic mass is 10.2. The van der Waals surface area contributed by atoms with Gasteiger partial charge < -0.3 is 19.9 Å². The fraction of sp³-hybridized carbons (Fsp3) is 0.357. The van der Waals surface area contributed by atoms with Crippen molar-refractivity contribution >= 4 is 5.91 Å². The zero-order valence-corrected chi connectivity index (χ0v) is 11.2. The number of methoxy groups -OCH3 is 1. The normalized spacial score (nSPS) is 11.5. The van der Waals surface area contributed by atoms with Crippen LogP contribution in [0.15, 0.2) is 30.9 Å². The number of aliphatic hydroxyl groups is 1. The molecule has 0 saturated carbocycles. The van der Waals surface area contributed by atoms with Crippen LogP contribution in [0, 0.1) is 0 Å². The van der Waals surface area contributed by atoms with Crippen molar-refractivity contribution in [3.63, 3.8) is 0 Å². The second-order valence-electron chi connectivity index (χ2n) is 3.94. The first-order valence-corrected chi connectivity index (χ1v) is 5.95. The van der Waals surface area contributed by atoms with E-state index in [0.717, 1.165) is 0 Å². The highest BCUT2D eigenvalue weighted by Crippen LogP contribution is 2.28. The molecule has 2 N–H and O–H groups in total. The predicted molar refractivity (Wildman–Crippen MR) is 72.2 cm³/mol. The number of hydrogen-bond acceptors (Lipinski definition) is 4. The molecule has 5 nitrogen and oxygen atoms in total. The van der Waals surface area contributed by atoms with E-state index in [9.17, 15) is 4.79 Å². The van der Waals surface area contributed by atoms with Gasteiger partial charge in [-0.15, -0.1) is 6.58 Å². The molecule has 1 aromatic rings. The third kappa shape index (κ3) is 4.30. The molecule has 0 saturated heterocycles. The molecule has 1 atom stereocenters. The van der Waals surface area contributed by atoms with Gasteiger partial charge in [0.2, 0.25) is 0 Å². The molecule has 0 aliphatic rings. The van der Waals surface area contributed by atoms with Crippen LogP contribution >= 0.6 is 0 Å². The van der Waals surface area contributed by atoms with Gasteiger partial charge in [0.15, 0.2) is 17.6 Å². The summed E-state index contributed by atoms with van der Waals surface area (Å²) in [6.45, 7) is 5.49. The number of aliphatic hydroxyl groups excluding tert-OH is 1. The third-order valence-electron chi connectivity index (χ3n) is 2.50. The Bertz CT molecular complexity index is 445. The van der Waals surface area contributed by atoms with Crippen LogP contribution in [0.2, 0.25) is 0 Å². The number of amides is 1. The molecule has 0 aliphatic carbocycles. The molecule has 1 rings (SSSR count). The SMILES string of the molecule is C=CCNC(=O)C(C)Oc1ccc(CO)cc1OC. The van der Waals surface area contributed by atoms with Crippen molar-refractivity contribution in [3.8, 4) is 11.5 Å². The van der Waals surface area contributed by atoms with E-state index in [1.807, 2.05) is 0 Å². The number of carbonyl (C=O) groups is 1. The Morgan fingerprint density at radius 2 is 2.26 bits per heavy atom. The predicted octanol–water partition coefficient (Wildman–Crippen LogP) is 1.26. The minimum absolute atomic E-state index is 0.0774. The molecular formula is C14H19NO4. The fourth-order valence-electron chi connectivity index (χ4n) is 1.47. The second-order valence-corrected chi connectivity index (χ2v) is 3.94. The van der Waals surface area contributed by atoms with Gasteiger partial charge >= 0.3 is 0 Å². The van der Waals surface area contributed by atoms with Gasteiger partial charge in [-0.3, -0.25) is 4.79 Å². The van der Waals surface area contributed by atoms with Crippen LogP contribution in [0.4, 0.5) is 0 Å². The van der Waals surface area contributed by atoms with E-state index in [4.69, 9.17) is 14.6 Å². The maximum absolute atomic E-state index is 11.7. The lowest BCUT2D eigenvalue weighted by Gasteiger charge is -2.16. The van der Waals surface area contributed by atoms with Crippen molar-refractivity contribution in [1.29, 1.82) is 0 Å². The highest BCUT2D eigenvalue weighted by atomic mass is 16.5. The summed E-state index contributed by atoms with van der Waals surface area (Å²) >= 11 is 0. The quantitative estimate of drug-likeness (QED) is 0.728. The molecule has 5 heteroatoms. The van der Waals surface area contributed by atoms with Crippen LogP contribution < -0.4 is 14.8 Å². The molecule has 0 bridgehead atoms. The van der Waals surface area contributed by atoms with Gasteiger partial charge in [0, 0.05) is 6.54 Å². The number of ether oxygens (including phenoxy) is 2. The summed E-state index contributed by atoms with van der Waals surface area (Å²) in [7, 11) is 1.51. The van der Waals surface area contributed by atoms with Gasteiger partial charge in [-0.05, 0) is 24.6 Å². The van der Waals surface area contributed by atoms with Gasteiger partial charge in [-0.2, -0.15) is 0 Å². The van der Waals surface area contributed by atoms with Crippen molar-refractivity contribution in [1.82, 2.24) is 5.32 Å². The van der Waals surface area contributed by atoms with Crippen molar-refractivity contribution in [2.75, 3.05) is 13.7 Å². The average Bonchev–Trinajstić information content (AvgIpc) is 2.44. The van der Waals surface area contributed by atoms with E-state index in [1.54, 1.807) is 31.2 Å². The van der Waals surface area contributed by atoms with Gasteiger partial charge in [-0.25, -0.2) is 0 Å². The van der Waals surface area contributed by atoms with Crippen LogP contribution in [0.3, 0.4) is 0 Å². The van der Waals surface area contributed by atoms with E-state index in [0.29, 0.717) is 23.6 Å². The molecule has 19 heavy (non-hydrogen) atoms. The van der Waals surface area contributed by atoms with Crippen LogP contribution in [-0.4, -0.2) is 30.8 Å². The Kier molecular flexibility index (Phi) is 5.89. The van der Waals surface area contributed by atoms with E-state index < -0.39 is 6.10 Å². The fourth-order valence-corrected chi connectivity index (χ4v) is 1.47. The lowest BCUT2D eigenvalue weighted by molar-refractivity contribution is -0.127. The minimum atomic E-state index is -0.645. The third-order valence-corrected chi connectivity index (χ3v) is 2.50. The number of nitrogens with one attached hydrogen (secondary N) is 1. The van der Waals surface area contributed by atoms with Crippen molar-refractivity contribution in [2.45, 2.75) is 19.6 Å². The first-order chi connectivity index (χ1) is 9.12. The van der Waals surface area contributed by atoms with E-state index >= 15 is 0 Å². The molecule has 0 heterocycles. The molecule has 0 radical (unpaired) electrons. The number of hydrogen-bond donors (Lipinski definition) is 2. The molecule has 0 aliphatic heterocycles. The number of benzene rings is 1. The monoisotopic (exact) mass is 265 g/mol. The van der Waals surface area contributed by atoms with E-state index in [1.165, 1.54) is 7.11 Å². The first-order valence-electron chi connectivity index (χ1n) is 5.95. The largest absolute Gasteiger partial charge is 0.493 e. The molecule has 0 fully saturated rings. The molecule has 0 spiro atoms. The highest BCUT2D eigenvalue weighted by Gasteiger charge is 2.16. The van der Waals surface area contributed by atoms with Crippen LogP contribution in [0.1, 0.15) is 12.5 Å². The Morgan fingerprint density at radius 1 is 1.53 bits per heavy atom. The Labute approximate surface area is 112 Å². The number of rotatable bonds is 7. The zero-order chi connectivity index (χ0) is 14.3. The zero-order valence-electron chi connectivity index (χ0n) is 11.2. The maximum Gasteiger partial charge on any atom is 0.261 e. The highest BCUT2D eigenvalue weighted by molar-refractivity contribution is 5.80. The van der Waals surface area contributed by atoms with Gasteiger partial charge in [0.1, 0.15) is 0 Å². The van der Waals surface area contributed by atoms with Gasteiger partial charge in [0.25, 0.3) is 5.91 Å². The Hall–Kier alpha value is -2.01. The Balaban J connectivity index is 2.75. The van der Waals surface area contributed by atoms with Crippen LogP contribution in [0.25, 0.3) is 0 Å². The lowest BCUT2D eigenvalue weighted by Crippen LogP contribution is -2.36. The van der Waals surface area contributed by atoms with Crippen molar-refractivity contribution in [3.05, 3.63) is 36.4 Å². The standard InChI is InChI=1S/C14H19NO4/c1-4-7-15-14(17)10(2)19-12-6-5-11(9-16)8-13(12)18-3/h4-6,8,10,16H,1,7,9H2,2-3H3,(H,15,17). The topological polar surface area (TPSA) is 67.8 Å². The average molecular weight is 265 g/mol. The van der Waals surface area contributed by atoms with E-state index in [-0.39, 0.29) is 12.5 Å². The summed E-state index contributed by atoms with van der Waals surface area (Å²) < 4.78 is 10.7. The smallest absolute Gasteiger partial charge is 0.261 e. The summed E-state index contributed by atoms with van der Waals surface area (Å²) in [5, 5.41) is 11.7. The second kappa shape index (κ2) is 7.43. The number of carbonyl (C=O) groups excluding carboxylic acids is 1. The van der Waals surface area contributed by atoms with Crippen LogP contribution in [0.5, 0.6) is 11.5 Å². The summed E-state index contributed by atoms with van der Waals surface area (Å²) in [6, 6.07) is 5.05. The summed E-state index contributed by atoms with van der Waals surface area (Å²) in [6.07, 6.45) is 0.954. The summed E-state index contributed by atoms with van der Waals surface area (Å²) in [5.41, 5.74) is 0.716. The van der Waals surface area contributed by atoms with Gasteiger partial charge in [0.05, 0.1) is 13.7 Å². The van der Waals surface area contributed by atoms with Crippen LogP contribution in [-0.2, 0) is 11.4 Å². The first kappa shape index (κ1) is 15.0. The maximum atomic E-state index is 11.7. The molecular weight excluding hydrogens is 246 g/mol. The minimum Gasteiger partial charge on any atom is -0.493 e. The summed E-state index contributed by atoms with van der Waals surface area (Å²) in [5.74, 6) is 0.712. The molecule has 104 valence electrons. The van der Waals surface area contributed by atoms with Crippen molar-refractivity contribution in [2.24, 2.45) is 0 Å². The molecule has 1 amide bonds. The summed E-state index contributed by atoms with van der Waals surface area (Å²) in [4.78, 5) is 11.7. The van der Waals surface area contributed by atoms with E-state index in [2.05, 4.69) is 11.9 Å². The molecule has 0 aromatic heterocycles. The molecule has 1 unspecified atom stereocenters. The molecule has 1 aromatic carbocycles. The Morgan fingerprint density at radius 3 is 2.84 bits per heavy atom.